The molecule has 0 aliphatic carbocycles. The van der Waals surface area contributed by atoms with E-state index in [1.165, 1.54) is 0 Å². The van der Waals surface area contributed by atoms with Gasteiger partial charge in [0, 0.05) is 24.9 Å². The molecule has 2 rings (SSSR count). The summed E-state index contributed by atoms with van der Waals surface area (Å²) >= 11 is 1.02. The fourth-order valence-corrected chi connectivity index (χ4v) is 3.29. The van der Waals surface area contributed by atoms with Gasteiger partial charge < -0.3 is 15.4 Å². The van der Waals surface area contributed by atoms with E-state index in [-0.39, 0.29) is 24.0 Å². The zero-order valence-electron chi connectivity index (χ0n) is 16.6. The van der Waals surface area contributed by atoms with Crippen LogP contribution in [0.5, 0.6) is 5.75 Å². The van der Waals surface area contributed by atoms with E-state index in [0.717, 1.165) is 33.6 Å². The minimum absolute atomic E-state index is 0. The Labute approximate surface area is 190 Å². The highest BCUT2D eigenvalue weighted by molar-refractivity contribution is 14.0. The Morgan fingerprint density at radius 3 is 2.59 bits per heavy atom. The molecule has 29 heavy (non-hydrogen) atoms. The predicted octanol–water partition coefficient (Wildman–Crippen LogP) is 4.78. The van der Waals surface area contributed by atoms with Gasteiger partial charge in [-0.05, 0) is 38.0 Å². The number of aromatic nitrogens is 1. The second-order valence-corrected chi connectivity index (χ2v) is 6.97. The van der Waals surface area contributed by atoms with Crippen molar-refractivity contribution in [3.8, 4) is 5.75 Å². The molecule has 0 saturated carbocycles. The number of thiazole rings is 1. The number of guanidine groups is 1. The maximum atomic E-state index is 12.6. The number of alkyl halides is 3. The van der Waals surface area contributed by atoms with Crippen molar-refractivity contribution in [1.29, 1.82) is 0 Å². The number of halogens is 4. The lowest BCUT2D eigenvalue weighted by Crippen LogP contribution is -2.38. The minimum atomic E-state index is -4.39. The molecule has 0 bridgehead atoms. The summed E-state index contributed by atoms with van der Waals surface area (Å²) in [6.45, 7) is 8.12. The second kappa shape index (κ2) is 12.2. The Morgan fingerprint density at radius 1 is 1.24 bits per heavy atom. The number of rotatable bonds is 8. The van der Waals surface area contributed by atoms with Gasteiger partial charge in [0.15, 0.2) is 11.7 Å². The van der Waals surface area contributed by atoms with Gasteiger partial charge in [-0.3, -0.25) is 0 Å². The number of hydrogen-bond acceptors (Lipinski definition) is 4. The lowest BCUT2D eigenvalue weighted by molar-refractivity contribution is -0.140. The van der Waals surface area contributed by atoms with Crippen LogP contribution in [0.4, 0.5) is 13.2 Å². The van der Waals surface area contributed by atoms with E-state index in [1.54, 1.807) is 0 Å². The molecule has 1 aromatic heterocycles. The molecule has 0 spiro atoms. The first kappa shape index (κ1) is 25.5. The van der Waals surface area contributed by atoms with Crippen molar-refractivity contribution in [3.63, 3.8) is 0 Å². The van der Waals surface area contributed by atoms with E-state index < -0.39 is 11.9 Å². The number of aliphatic imine (C=N–C) groups is 1. The third-order valence-electron chi connectivity index (χ3n) is 3.78. The SMILES string of the molecule is CCNC(=NCc1ccc(OCC)c(C)c1)NCCc1nc(C(F)(F)F)cs1.I. The van der Waals surface area contributed by atoms with Gasteiger partial charge in [0.25, 0.3) is 0 Å². The van der Waals surface area contributed by atoms with Gasteiger partial charge in [0.2, 0.25) is 0 Å². The van der Waals surface area contributed by atoms with Gasteiger partial charge in [-0.25, -0.2) is 9.98 Å². The maximum absolute atomic E-state index is 12.6. The summed E-state index contributed by atoms with van der Waals surface area (Å²) in [6, 6.07) is 5.94. The molecule has 1 aromatic carbocycles. The molecule has 0 amide bonds. The van der Waals surface area contributed by atoms with Crippen molar-refractivity contribution in [1.82, 2.24) is 15.6 Å². The largest absolute Gasteiger partial charge is 0.494 e. The molecule has 162 valence electrons. The number of hydrogen-bond donors (Lipinski definition) is 2. The van der Waals surface area contributed by atoms with Crippen LogP contribution >= 0.6 is 35.3 Å². The molecule has 0 aliphatic heterocycles. The quantitative estimate of drug-likeness (QED) is 0.287. The first-order chi connectivity index (χ1) is 13.3. The molecule has 0 unspecified atom stereocenters. The molecule has 2 N–H and O–H groups in total. The van der Waals surface area contributed by atoms with Crippen LogP contribution < -0.4 is 15.4 Å². The minimum Gasteiger partial charge on any atom is -0.494 e. The average Bonchev–Trinajstić information content (AvgIpc) is 3.11. The van der Waals surface area contributed by atoms with E-state index >= 15 is 0 Å². The standard InChI is InChI=1S/C19H25F3N4OS.HI/c1-4-23-18(24-9-8-17-26-16(12-28-17)19(20,21)22)25-11-14-6-7-15(27-5-2)13(3)10-14;/h6-7,10,12H,4-5,8-9,11H2,1-3H3,(H2,23,24,25);1H. The Balaban J connectivity index is 0.00000420. The van der Waals surface area contributed by atoms with E-state index in [1.807, 2.05) is 39.0 Å². The lowest BCUT2D eigenvalue weighted by atomic mass is 10.1. The van der Waals surface area contributed by atoms with Crippen molar-refractivity contribution in [2.75, 3.05) is 19.7 Å². The van der Waals surface area contributed by atoms with Gasteiger partial charge in [-0.1, -0.05) is 12.1 Å². The van der Waals surface area contributed by atoms with Gasteiger partial charge in [-0.15, -0.1) is 35.3 Å². The highest BCUT2D eigenvalue weighted by Crippen LogP contribution is 2.30. The number of ether oxygens (including phenoxy) is 1. The first-order valence-electron chi connectivity index (χ1n) is 9.09. The smallest absolute Gasteiger partial charge is 0.434 e. The Morgan fingerprint density at radius 2 is 2.00 bits per heavy atom. The van der Waals surface area contributed by atoms with E-state index in [2.05, 4.69) is 20.6 Å². The summed E-state index contributed by atoms with van der Waals surface area (Å²) in [5.41, 5.74) is 1.27. The Kier molecular flexibility index (Phi) is 10.7. The molecule has 10 heteroatoms. The van der Waals surface area contributed by atoms with Crippen LogP contribution in [0.3, 0.4) is 0 Å². The Bertz CT molecular complexity index is 796. The number of nitrogens with one attached hydrogen (secondary N) is 2. The highest BCUT2D eigenvalue weighted by atomic mass is 127. The van der Waals surface area contributed by atoms with Gasteiger partial charge >= 0.3 is 6.18 Å². The molecule has 0 aliphatic rings. The van der Waals surface area contributed by atoms with Crippen molar-refractivity contribution >= 4 is 41.3 Å². The summed E-state index contributed by atoms with van der Waals surface area (Å²) in [7, 11) is 0. The molecule has 0 fully saturated rings. The summed E-state index contributed by atoms with van der Waals surface area (Å²) in [5.74, 6) is 1.48. The van der Waals surface area contributed by atoms with Crippen LogP contribution in [-0.2, 0) is 19.1 Å². The summed E-state index contributed by atoms with van der Waals surface area (Å²) in [5, 5.41) is 7.75. The van der Waals surface area contributed by atoms with Crippen LogP contribution in [-0.4, -0.2) is 30.6 Å². The van der Waals surface area contributed by atoms with Gasteiger partial charge in [0.05, 0.1) is 18.2 Å². The molecule has 1 heterocycles. The molecular weight excluding hydrogens is 516 g/mol. The maximum Gasteiger partial charge on any atom is 0.434 e. The fourth-order valence-electron chi connectivity index (χ4n) is 2.48. The molecule has 2 aromatic rings. The molecular formula is C19H26F3IN4OS. The lowest BCUT2D eigenvalue weighted by Gasteiger charge is -2.11. The van der Waals surface area contributed by atoms with Gasteiger partial charge in [-0.2, -0.15) is 13.2 Å². The van der Waals surface area contributed by atoms with Gasteiger partial charge in [0.1, 0.15) is 5.75 Å². The van der Waals surface area contributed by atoms with Crippen LogP contribution in [0, 0.1) is 6.92 Å². The van der Waals surface area contributed by atoms with E-state index in [4.69, 9.17) is 4.74 Å². The third-order valence-corrected chi connectivity index (χ3v) is 4.69. The highest BCUT2D eigenvalue weighted by Gasteiger charge is 2.33. The Hall–Kier alpha value is -1.56. The molecule has 0 radical (unpaired) electrons. The summed E-state index contributed by atoms with van der Waals surface area (Å²) < 4.78 is 43.3. The van der Waals surface area contributed by atoms with E-state index in [0.29, 0.717) is 43.6 Å². The van der Waals surface area contributed by atoms with Crippen molar-refractivity contribution < 1.29 is 17.9 Å². The third kappa shape index (κ3) is 8.37. The average molecular weight is 542 g/mol. The topological polar surface area (TPSA) is 58.5 Å². The van der Waals surface area contributed by atoms with Crippen LogP contribution in [0.1, 0.15) is 35.7 Å². The van der Waals surface area contributed by atoms with E-state index in [9.17, 15) is 13.2 Å². The fraction of sp³-hybridized carbons (Fsp3) is 0.474. The first-order valence-corrected chi connectivity index (χ1v) is 9.97. The second-order valence-electron chi connectivity index (χ2n) is 6.03. The zero-order chi connectivity index (χ0) is 20.6. The van der Waals surface area contributed by atoms with Crippen LogP contribution in [0.15, 0.2) is 28.6 Å². The normalized spacial score (nSPS) is 11.7. The summed E-state index contributed by atoms with van der Waals surface area (Å²) in [6.07, 6.45) is -4.00. The molecule has 5 nitrogen and oxygen atoms in total. The van der Waals surface area contributed by atoms with Crippen molar-refractivity contribution in [2.45, 2.75) is 39.9 Å². The van der Waals surface area contributed by atoms with Crippen LogP contribution in [0.25, 0.3) is 0 Å². The monoisotopic (exact) mass is 542 g/mol. The predicted molar refractivity (Wildman–Crippen MR) is 121 cm³/mol. The molecule has 0 atom stereocenters. The number of nitrogens with zero attached hydrogens (tertiary/aromatic N) is 2. The zero-order valence-corrected chi connectivity index (χ0v) is 19.7. The van der Waals surface area contributed by atoms with Crippen molar-refractivity contribution in [3.05, 3.63) is 45.4 Å². The number of benzene rings is 1. The van der Waals surface area contributed by atoms with Crippen molar-refractivity contribution in [2.24, 2.45) is 4.99 Å². The summed E-state index contributed by atoms with van der Waals surface area (Å²) in [4.78, 5) is 8.17. The number of aryl methyl sites for hydroxylation is 1. The van der Waals surface area contributed by atoms with Crippen LogP contribution in [0.2, 0.25) is 0 Å². The molecule has 0 saturated heterocycles.